The van der Waals surface area contributed by atoms with Crippen molar-refractivity contribution >= 4 is 17.4 Å². The second-order valence-electron chi connectivity index (χ2n) is 4.81. The van der Waals surface area contributed by atoms with E-state index in [1.54, 1.807) is 10.6 Å². The molecule has 3 rings (SSSR count). The smallest absolute Gasteiger partial charge is 0.354 e. The van der Waals surface area contributed by atoms with Crippen molar-refractivity contribution < 1.29 is 9.90 Å². The van der Waals surface area contributed by atoms with E-state index in [-0.39, 0.29) is 5.69 Å². The van der Waals surface area contributed by atoms with Gasteiger partial charge in [0.25, 0.3) is 0 Å². The minimum atomic E-state index is -1.02. The van der Waals surface area contributed by atoms with Crippen molar-refractivity contribution in [1.29, 1.82) is 0 Å². The number of aromatic carboxylic acids is 1. The van der Waals surface area contributed by atoms with Gasteiger partial charge in [0, 0.05) is 32.1 Å². The summed E-state index contributed by atoms with van der Waals surface area (Å²) in [7, 11) is 3.72. The van der Waals surface area contributed by atoms with Crippen molar-refractivity contribution in [3.63, 3.8) is 0 Å². The summed E-state index contributed by atoms with van der Waals surface area (Å²) in [4.78, 5) is 17.0. The van der Waals surface area contributed by atoms with Crippen molar-refractivity contribution in [3.05, 3.63) is 23.5 Å². The van der Waals surface area contributed by atoms with Crippen LogP contribution in [-0.4, -0.2) is 39.8 Å². The molecule has 0 amide bonds. The van der Waals surface area contributed by atoms with E-state index in [0.29, 0.717) is 11.6 Å². The number of carboxylic acids is 1. The molecule has 1 fully saturated rings. The number of anilines is 1. The van der Waals surface area contributed by atoms with Crippen molar-refractivity contribution in [3.8, 4) is 0 Å². The van der Waals surface area contributed by atoms with Crippen LogP contribution in [0.1, 0.15) is 34.9 Å². The number of rotatable bonds is 3. The van der Waals surface area contributed by atoms with Crippen LogP contribution in [0.5, 0.6) is 0 Å². The van der Waals surface area contributed by atoms with Gasteiger partial charge in [0.15, 0.2) is 11.3 Å². The van der Waals surface area contributed by atoms with Gasteiger partial charge in [-0.3, -0.25) is 0 Å². The van der Waals surface area contributed by atoms with E-state index in [1.165, 1.54) is 0 Å². The van der Waals surface area contributed by atoms with E-state index in [4.69, 9.17) is 5.11 Å². The predicted octanol–water partition coefficient (Wildman–Crippen LogP) is 1.37. The van der Waals surface area contributed by atoms with Crippen molar-refractivity contribution in [2.75, 3.05) is 19.0 Å². The van der Waals surface area contributed by atoms with Gasteiger partial charge in [0.1, 0.15) is 5.82 Å². The molecule has 0 radical (unpaired) electrons. The van der Waals surface area contributed by atoms with Crippen LogP contribution in [0.4, 0.5) is 5.82 Å². The molecule has 0 atom stereocenters. The van der Waals surface area contributed by atoms with Gasteiger partial charge in [-0.2, -0.15) is 9.61 Å². The Morgan fingerprint density at radius 3 is 2.72 bits per heavy atom. The molecule has 1 aliphatic carbocycles. The van der Waals surface area contributed by atoms with Gasteiger partial charge in [0.2, 0.25) is 0 Å². The minimum absolute atomic E-state index is 0.0495. The third-order valence-corrected chi connectivity index (χ3v) is 3.10. The number of hydrogen-bond donors (Lipinski definition) is 1. The van der Waals surface area contributed by atoms with E-state index < -0.39 is 5.97 Å². The van der Waals surface area contributed by atoms with E-state index in [0.717, 1.165) is 24.4 Å². The average Bonchev–Trinajstić information content (AvgIpc) is 3.07. The Labute approximate surface area is 104 Å². The minimum Gasteiger partial charge on any atom is -0.477 e. The molecule has 0 bridgehead atoms. The third-order valence-electron chi connectivity index (χ3n) is 3.10. The number of carboxylic acid groups (broad SMARTS) is 1. The zero-order valence-electron chi connectivity index (χ0n) is 10.3. The molecule has 0 spiro atoms. The second kappa shape index (κ2) is 3.69. The van der Waals surface area contributed by atoms with Crippen LogP contribution in [0.15, 0.2) is 12.1 Å². The highest BCUT2D eigenvalue weighted by Crippen LogP contribution is 2.39. The number of fused-ring (bicyclic) bond motifs is 1. The van der Waals surface area contributed by atoms with Crippen LogP contribution in [-0.2, 0) is 0 Å². The van der Waals surface area contributed by atoms with Crippen LogP contribution >= 0.6 is 0 Å². The van der Waals surface area contributed by atoms with Gasteiger partial charge in [0.05, 0.1) is 5.69 Å². The van der Waals surface area contributed by atoms with Gasteiger partial charge in [-0.1, -0.05) is 0 Å². The first-order valence-electron chi connectivity index (χ1n) is 5.87. The highest BCUT2D eigenvalue weighted by Gasteiger charge is 2.27. The van der Waals surface area contributed by atoms with Crippen molar-refractivity contribution in [2.45, 2.75) is 18.8 Å². The molecule has 2 heterocycles. The Balaban J connectivity index is 2.23. The lowest BCUT2D eigenvalue weighted by Crippen LogP contribution is -2.16. The largest absolute Gasteiger partial charge is 0.477 e. The molecule has 0 aliphatic heterocycles. The van der Waals surface area contributed by atoms with E-state index in [9.17, 15) is 4.79 Å². The van der Waals surface area contributed by atoms with E-state index in [1.807, 2.05) is 25.1 Å². The molecule has 6 heteroatoms. The Kier molecular flexibility index (Phi) is 2.26. The van der Waals surface area contributed by atoms with E-state index in [2.05, 4.69) is 10.1 Å². The van der Waals surface area contributed by atoms with Gasteiger partial charge < -0.3 is 10.0 Å². The SMILES string of the molecule is CN(C)c1cc(C(=O)O)nc2cc(C3CC3)nn12. The molecule has 1 N–H and O–H groups in total. The molecule has 18 heavy (non-hydrogen) atoms. The fourth-order valence-corrected chi connectivity index (χ4v) is 1.98. The zero-order chi connectivity index (χ0) is 12.9. The first kappa shape index (κ1) is 11.0. The molecular weight excluding hydrogens is 232 g/mol. The maximum atomic E-state index is 11.1. The first-order chi connectivity index (χ1) is 8.56. The van der Waals surface area contributed by atoms with Crippen LogP contribution in [0.2, 0.25) is 0 Å². The van der Waals surface area contributed by atoms with Gasteiger partial charge in [-0.05, 0) is 12.8 Å². The van der Waals surface area contributed by atoms with Crippen molar-refractivity contribution in [2.24, 2.45) is 0 Å². The van der Waals surface area contributed by atoms with Crippen LogP contribution in [0.25, 0.3) is 5.65 Å². The van der Waals surface area contributed by atoms with Gasteiger partial charge >= 0.3 is 5.97 Å². The molecule has 1 aliphatic rings. The number of hydrogen-bond acceptors (Lipinski definition) is 4. The Hall–Kier alpha value is -2.11. The topological polar surface area (TPSA) is 70.7 Å². The lowest BCUT2D eigenvalue weighted by Gasteiger charge is -2.14. The van der Waals surface area contributed by atoms with Crippen LogP contribution in [0.3, 0.4) is 0 Å². The monoisotopic (exact) mass is 246 g/mol. The zero-order valence-corrected chi connectivity index (χ0v) is 10.3. The maximum Gasteiger partial charge on any atom is 0.354 e. The summed E-state index contributed by atoms with van der Waals surface area (Å²) in [5.41, 5.74) is 1.65. The lowest BCUT2D eigenvalue weighted by atomic mass is 10.3. The molecular formula is C12H14N4O2. The number of nitrogens with zero attached hydrogens (tertiary/aromatic N) is 4. The fraction of sp³-hybridized carbons (Fsp3) is 0.417. The highest BCUT2D eigenvalue weighted by molar-refractivity contribution is 5.87. The third kappa shape index (κ3) is 1.70. The predicted molar refractivity (Wildman–Crippen MR) is 66.2 cm³/mol. The summed E-state index contributed by atoms with van der Waals surface area (Å²) in [6.07, 6.45) is 2.32. The van der Waals surface area contributed by atoms with Gasteiger partial charge in [-0.25, -0.2) is 9.78 Å². The summed E-state index contributed by atoms with van der Waals surface area (Å²) < 4.78 is 1.71. The normalized spacial score (nSPS) is 15.0. The summed E-state index contributed by atoms with van der Waals surface area (Å²) >= 11 is 0. The van der Waals surface area contributed by atoms with E-state index >= 15 is 0 Å². The quantitative estimate of drug-likeness (QED) is 0.885. The van der Waals surface area contributed by atoms with Gasteiger partial charge in [-0.15, -0.1) is 0 Å². The summed E-state index contributed by atoms with van der Waals surface area (Å²) in [5, 5.41) is 13.6. The van der Waals surface area contributed by atoms with Crippen molar-refractivity contribution in [1.82, 2.24) is 14.6 Å². The average molecular weight is 246 g/mol. The molecule has 1 saturated carbocycles. The Morgan fingerprint density at radius 2 is 2.17 bits per heavy atom. The summed E-state index contributed by atoms with van der Waals surface area (Å²) in [6, 6.07) is 3.43. The molecule has 0 aromatic carbocycles. The lowest BCUT2D eigenvalue weighted by molar-refractivity contribution is 0.0690. The highest BCUT2D eigenvalue weighted by atomic mass is 16.4. The van der Waals surface area contributed by atoms with Crippen LogP contribution < -0.4 is 4.90 Å². The fourth-order valence-electron chi connectivity index (χ4n) is 1.98. The number of carbonyl (C=O) groups is 1. The summed E-state index contributed by atoms with van der Waals surface area (Å²) in [5.74, 6) is 0.231. The maximum absolute atomic E-state index is 11.1. The first-order valence-corrected chi connectivity index (χ1v) is 5.87. The second-order valence-corrected chi connectivity index (χ2v) is 4.81. The molecule has 6 nitrogen and oxygen atoms in total. The molecule has 0 unspecified atom stereocenters. The standard InChI is InChI=1S/C12H14N4O2/c1-15(2)11-6-9(12(17)18)13-10-5-8(7-3-4-7)14-16(10)11/h5-7H,3-4H2,1-2H3,(H,17,18). The Bertz CT molecular complexity index is 628. The molecule has 94 valence electrons. The molecule has 0 saturated heterocycles. The van der Waals surface area contributed by atoms with Crippen LogP contribution in [0, 0.1) is 0 Å². The number of aromatic nitrogens is 3. The summed E-state index contributed by atoms with van der Waals surface area (Å²) in [6.45, 7) is 0. The Morgan fingerprint density at radius 1 is 1.44 bits per heavy atom. The molecule has 2 aromatic heterocycles. The molecule has 2 aromatic rings.